The van der Waals surface area contributed by atoms with Crippen LogP contribution in [0.4, 0.5) is 0 Å². The van der Waals surface area contributed by atoms with Gasteiger partial charge in [0.1, 0.15) is 6.33 Å². The molecule has 20 heavy (non-hydrogen) atoms. The second-order valence-electron chi connectivity index (χ2n) is 5.71. The van der Waals surface area contributed by atoms with E-state index in [-0.39, 0.29) is 12.0 Å². The smallest absolute Gasteiger partial charge is 0.138 e. The number of tetrazole rings is 1. The first-order valence-corrected chi connectivity index (χ1v) is 7.31. The normalized spacial score (nSPS) is 24.1. The van der Waals surface area contributed by atoms with Crippen molar-refractivity contribution in [1.29, 1.82) is 0 Å². The number of likely N-dealkylation sites (tertiary alicyclic amines) is 1. The maximum absolute atomic E-state index is 9.75. The molecular formula is C13H25N5O2. The molecule has 114 valence electrons. The summed E-state index contributed by atoms with van der Waals surface area (Å²) in [5.74, 6) is 0. The van der Waals surface area contributed by atoms with Crippen LogP contribution >= 0.6 is 0 Å². The van der Waals surface area contributed by atoms with Gasteiger partial charge in [-0.3, -0.25) is 0 Å². The average molecular weight is 283 g/mol. The number of hydrogen-bond acceptors (Lipinski definition) is 6. The van der Waals surface area contributed by atoms with Crippen LogP contribution < -0.4 is 0 Å². The van der Waals surface area contributed by atoms with Crippen LogP contribution in [0.2, 0.25) is 0 Å². The molecule has 0 radical (unpaired) electrons. The molecule has 0 aliphatic carbocycles. The van der Waals surface area contributed by atoms with Crippen LogP contribution in [0.25, 0.3) is 0 Å². The molecule has 0 spiro atoms. The van der Waals surface area contributed by atoms with Gasteiger partial charge >= 0.3 is 0 Å². The quantitative estimate of drug-likeness (QED) is 0.733. The molecule has 0 bridgehead atoms. The number of ether oxygens (including phenoxy) is 1. The molecule has 1 aliphatic rings. The van der Waals surface area contributed by atoms with Crippen LogP contribution in [-0.2, 0) is 11.3 Å². The molecular weight excluding hydrogens is 258 g/mol. The number of aliphatic hydroxyl groups is 1. The highest BCUT2D eigenvalue weighted by atomic mass is 16.5. The number of aliphatic hydroxyl groups excluding tert-OH is 1. The fourth-order valence-electron chi connectivity index (χ4n) is 2.97. The number of nitrogens with zero attached hydrogens (tertiary/aromatic N) is 5. The van der Waals surface area contributed by atoms with Gasteiger partial charge in [-0.2, -0.15) is 0 Å². The van der Waals surface area contributed by atoms with Gasteiger partial charge in [0.15, 0.2) is 0 Å². The summed E-state index contributed by atoms with van der Waals surface area (Å²) in [6.45, 7) is 4.91. The second-order valence-corrected chi connectivity index (χ2v) is 5.71. The van der Waals surface area contributed by atoms with Crippen molar-refractivity contribution < 1.29 is 9.84 Å². The number of hydrogen-bond donors (Lipinski definition) is 1. The average Bonchev–Trinajstić information content (AvgIpc) is 2.99. The molecule has 0 saturated carbocycles. The Balaban J connectivity index is 1.77. The van der Waals surface area contributed by atoms with Gasteiger partial charge in [0, 0.05) is 32.2 Å². The Morgan fingerprint density at radius 2 is 2.30 bits per heavy atom. The molecule has 1 aliphatic heterocycles. The zero-order chi connectivity index (χ0) is 14.3. The van der Waals surface area contributed by atoms with Crippen molar-refractivity contribution in [3.8, 4) is 0 Å². The molecule has 1 aromatic rings. The van der Waals surface area contributed by atoms with Crippen LogP contribution in [0, 0.1) is 5.41 Å². The number of aryl methyl sites for hydroxylation is 1. The monoisotopic (exact) mass is 283 g/mol. The molecule has 1 atom stereocenters. The molecule has 1 fully saturated rings. The van der Waals surface area contributed by atoms with Crippen LogP contribution in [0.1, 0.15) is 25.7 Å². The summed E-state index contributed by atoms with van der Waals surface area (Å²) in [5.41, 5.74) is 0.0169. The maximum Gasteiger partial charge on any atom is 0.138 e. The minimum Gasteiger partial charge on any atom is -0.396 e. The maximum atomic E-state index is 9.75. The molecule has 7 nitrogen and oxygen atoms in total. The first-order valence-electron chi connectivity index (χ1n) is 7.31. The SMILES string of the molecule is COCC[C@]1(CO)CCCN(CCCn2cnnn2)C1. The molecule has 0 aromatic carbocycles. The van der Waals surface area contributed by atoms with Crippen molar-refractivity contribution in [2.45, 2.75) is 32.2 Å². The molecule has 1 aromatic heterocycles. The van der Waals surface area contributed by atoms with Crippen LogP contribution in [-0.4, -0.2) is 70.2 Å². The molecule has 1 saturated heterocycles. The zero-order valence-corrected chi connectivity index (χ0v) is 12.2. The van der Waals surface area contributed by atoms with Crippen molar-refractivity contribution in [3.63, 3.8) is 0 Å². The second kappa shape index (κ2) is 7.66. The third-order valence-corrected chi connectivity index (χ3v) is 4.17. The summed E-state index contributed by atoms with van der Waals surface area (Å²) < 4.78 is 6.94. The van der Waals surface area contributed by atoms with Gasteiger partial charge in [0.2, 0.25) is 0 Å². The first-order chi connectivity index (χ1) is 9.78. The van der Waals surface area contributed by atoms with Crippen molar-refractivity contribution in [2.75, 3.05) is 40.0 Å². The van der Waals surface area contributed by atoms with Gasteiger partial charge in [-0.15, -0.1) is 5.10 Å². The van der Waals surface area contributed by atoms with Gasteiger partial charge in [0.05, 0.1) is 6.61 Å². The summed E-state index contributed by atoms with van der Waals surface area (Å²) >= 11 is 0. The lowest BCUT2D eigenvalue weighted by molar-refractivity contribution is 0.00688. The van der Waals surface area contributed by atoms with Crippen LogP contribution in [0.5, 0.6) is 0 Å². The van der Waals surface area contributed by atoms with E-state index in [2.05, 4.69) is 20.4 Å². The standard InChI is InChI=1S/C13H25N5O2/c1-20-9-5-13(11-19)4-2-6-17(10-13)7-3-8-18-12-14-15-16-18/h12,19H,2-11H2,1H3/t13-/m1/s1. The number of rotatable bonds is 8. The van der Waals surface area contributed by atoms with Gasteiger partial charge < -0.3 is 14.7 Å². The van der Waals surface area contributed by atoms with E-state index in [1.807, 2.05) is 0 Å². The molecule has 2 rings (SSSR count). The van der Waals surface area contributed by atoms with E-state index in [1.54, 1.807) is 18.1 Å². The highest BCUT2D eigenvalue weighted by Crippen LogP contribution is 2.33. The van der Waals surface area contributed by atoms with Crippen LogP contribution in [0.3, 0.4) is 0 Å². The largest absolute Gasteiger partial charge is 0.396 e. The summed E-state index contributed by atoms with van der Waals surface area (Å²) in [6.07, 6.45) is 5.85. The van der Waals surface area contributed by atoms with Gasteiger partial charge in [-0.1, -0.05) is 0 Å². The van der Waals surface area contributed by atoms with Crippen LogP contribution in [0.15, 0.2) is 6.33 Å². The van der Waals surface area contributed by atoms with Gasteiger partial charge in [-0.25, -0.2) is 4.68 Å². The number of methoxy groups -OCH3 is 1. The van der Waals surface area contributed by atoms with E-state index in [9.17, 15) is 5.11 Å². The number of aromatic nitrogens is 4. The predicted octanol–water partition coefficient (Wildman–Crippen LogP) is 0.174. The fourth-order valence-corrected chi connectivity index (χ4v) is 2.97. The summed E-state index contributed by atoms with van der Waals surface area (Å²) in [7, 11) is 1.72. The minimum absolute atomic E-state index is 0.0169. The molecule has 1 N–H and O–H groups in total. The minimum atomic E-state index is 0.0169. The Morgan fingerprint density at radius 3 is 3.00 bits per heavy atom. The highest BCUT2D eigenvalue weighted by molar-refractivity contribution is 4.86. The zero-order valence-electron chi connectivity index (χ0n) is 12.2. The molecule has 0 unspecified atom stereocenters. The molecule has 2 heterocycles. The predicted molar refractivity (Wildman–Crippen MR) is 74.1 cm³/mol. The molecule has 0 amide bonds. The summed E-state index contributed by atoms with van der Waals surface area (Å²) in [6, 6.07) is 0. The summed E-state index contributed by atoms with van der Waals surface area (Å²) in [4.78, 5) is 2.44. The third-order valence-electron chi connectivity index (χ3n) is 4.17. The van der Waals surface area contributed by atoms with E-state index in [0.29, 0.717) is 0 Å². The lowest BCUT2D eigenvalue weighted by atomic mass is 9.78. The Labute approximate surface area is 119 Å². The van der Waals surface area contributed by atoms with Crippen molar-refractivity contribution in [2.24, 2.45) is 5.41 Å². The Bertz CT molecular complexity index is 373. The first kappa shape index (κ1) is 15.3. The fraction of sp³-hybridized carbons (Fsp3) is 0.923. The number of piperidine rings is 1. The van der Waals surface area contributed by atoms with Gasteiger partial charge in [-0.05, 0) is 49.2 Å². The highest BCUT2D eigenvalue weighted by Gasteiger charge is 2.34. The van der Waals surface area contributed by atoms with E-state index in [4.69, 9.17) is 4.74 Å². The van der Waals surface area contributed by atoms with E-state index < -0.39 is 0 Å². The Hall–Kier alpha value is -1.05. The van der Waals surface area contributed by atoms with E-state index in [1.165, 1.54) is 0 Å². The van der Waals surface area contributed by atoms with E-state index in [0.717, 1.165) is 58.5 Å². The Kier molecular flexibility index (Phi) is 5.87. The lowest BCUT2D eigenvalue weighted by Gasteiger charge is -2.42. The van der Waals surface area contributed by atoms with Gasteiger partial charge in [0.25, 0.3) is 0 Å². The van der Waals surface area contributed by atoms with Crippen molar-refractivity contribution in [3.05, 3.63) is 6.33 Å². The summed E-state index contributed by atoms with van der Waals surface area (Å²) in [5, 5.41) is 20.9. The lowest BCUT2D eigenvalue weighted by Crippen LogP contribution is -2.46. The Morgan fingerprint density at radius 1 is 1.40 bits per heavy atom. The van der Waals surface area contributed by atoms with E-state index >= 15 is 0 Å². The van der Waals surface area contributed by atoms with Crippen molar-refractivity contribution in [1.82, 2.24) is 25.1 Å². The topological polar surface area (TPSA) is 76.3 Å². The molecule has 7 heteroatoms. The van der Waals surface area contributed by atoms with Crippen molar-refractivity contribution >= 4 is 0 Å². The third kappa shape index (κ3) is 4.22.